The van der Waals surface area contributed by atoms with E-state index in [4.69, 9.17) is 14.2 Å². The summed E-state index contributed by atoms with van der Waals surface area (Å²) in [5.74, 6) is 0.678. The van der Waals surface area contributed by atoms with E-state index < -0.39 is 5.91 Å². The molecular formula is C27H26N6O4. The molecule has 0 saturated carbocycles. The van der Waals surface area contributed by atoms with Gasteiger partial charge in [-0.3, -0.25) is 9.48 Å². The van der Waals surface area contributed by atoms with E-state index in [1.165, 1.54) is 0 Å². The van der Waals surface area contributed by atoms with Gasteiger partial charge in [0.15, 0.2) is 11.5 Å². The van der Waals surface area contributed by atoms with Gasteiger partial charge in [-0.1, -0.05) is 6.07 Å². The second-order valence-electron chi connectivity index (χ2n) is 8.74. The molecule has 1 aliphatic rings. The first kappa shape index (κ1) is 24.1. The molecule has 10 heteroatoms. The van der Waals surface area contributed by atoms with Crippen LogP contribution in [0, 0.1) is 11.3 Å². The van der Waals surface area contributed by atoms with Gasteiger partial charge >= 0.3 is 0 Å². The summed E-state index contributed by atoms with van der Waals surface area (Å²) < 4.78 is 17.8. The average Bonchev–Trinajstić information content (AvgIpc) is 3.52. The summed E-state index contributed by atoms with van der Waals surface area (Å²) in [5.41, 5.74) is 3.97. The highest BCUT2D eigenvalue weighted by Crippen LogP contribution is 2.30. The van der Waals surface area contributed by atoms with E-state index >= 15 is 0 Å². The summed E-state index contributed by atoms with van der Waals surface area (Å²) in [5, 5.41) is 17.9. The summed E-state index contributed by atoms with van der Waals surface area (Å²) in [4.78, 5) is 20.6. The molecule has 10 nitrogen and oxygen atoms in total. The molecule has 1 amide bonds. The molecule has 4 aromatic rings. The zero-order valence-corrected chi connectivity index (χ0v) is 20.7. The summed E-state index contributed by atoms with van der Waals surface area (Å²) in [6, 6.07) is 9.31. The SMILES string of the molecule is COc1ccc([C@@H](C)NC(=O)/C(C#N)=C/c2c[nH]c3ncc(-c4cnn(C5COC5)c4)cc23)cc1OC. The number of aromatic nitrogens is 4. The van der Waals surface area contributed by atoms with Crippen LogP contribution in [-0.2, 0) is 9.53 Å². The van der Waals surface area contributed by atoms with Crippen molar-refractivity contribution in [1.82, 2.24) is 25.1 Å². The van der Waals surface area contributed by atoms with Crippen LogP contribution in [0.2, 0.25) is 0 Å². The van der Waals surface area contributed by atoms with Crippen molar-refractivity contribution in [3.63, 3.8) is 0 Å². The smallest absolute Gasteiger partial charge is 0.262 e. The Labute approximate surface area is 213 Å². The fraction of sp³-hybridized carbons (Fsp3) is 0.259. The summed E-state index contributed by atoms with van der Waals surface area (Å²) >= 11 is 0. The van der Waals surface area contributed by atoms with Gasteiger partial charge in [-0.15, -0.1) is 0 Å². The molecule has 3 aromatic heterocycles. The van der Waals surface area contributed by atoms with Gasteiger partial charge in [0.05, 0.1) is 45.7 Å². The number of benzene rings is 1. The normalized spacial score (nSPS) is 14.6. The lowest BCUT2D eigenvalue weighted by molar-refractivity contribution is -0.117. The fourth-order valence-corrected chi connectivity index (χ4v) is 4.15. The summed E-state index contributed by atoms with van der Waals surface area (Å²) in [6.45, 7) is 3.16. The molecule has 5 rings (SSSR count). The maximum absolute atomic E-state index is 13.0. The third-order valence-corrected chi connectivity index (χ3v) is 6.41. The van der Waals surface area contributed by atoms with E-state index in [0.717, 1.165) is 22.1 Å². The Balaban J connectivity index is 1.38. The Hall–Kier alpha value is -4.62. The van der Waals surface area contributed by atoms with Crippen molar-refractivity contribution in [3.05, 3.63) is 65.8 Å². The molecule has 2 N–H and O–H groups in total. The average molecular weight is 499 g/mol. The van der Waals surface area contributed by atoms with Gasteiger partial charge in [-0.2, -0.15) is 10.4 Å². The number of aromatic amines is 1. The van der Waals surface area contributed by atoms with Gasteiger partial charge in [0.2, 0.25) is 0 Å². The number of fused-ring (bicyclic) bond motifs is 1. The molecule has 4 heterocycles. The van der Waals surface area contributed by atoms with Crippen molar-refractivity contribution >= 4 is 23.0 Å². The number of rotatable bonds is 8. The number of hydrogen-bond acceptors (Lipinski definition) is 7. The lowest BCUT2D eigenvalue weighted by atomic mass is 10.1. The van der Waals surface area contributed by atoms with Crippen LogP contribution in [0.3, 0.4) is 0 Å². The number of pyridine rings is 1. The third kappa shape index (κ3) is 4.77. The monoisotopic (exact) mass is 498 g/mol. The Morgan fingerprint density at radius 3 is 2.76 bits per heavy atom. The second kappa shape index (κ2) is 10.2. The van der Waals surface area contributed by atoms with Crippen molar-refractivity contribution in [1.29, 1.82) is 5.26 Å². The van der Waals surface area contributed by atoms with Gasteiger partial charge in [0.1, 0.15) is 17.3 Å². The highest BCUT2D eigenvalue weighted by molar-refractivity contribution is 6.04. The maximum Gasteiger partial charge on any atom is 0.262 e. The molecule has 1 aromatic carbocycles. The van der Waals surface area contributed by atoms with Gasteiger partial charge < -0.3 is 24.5 Å². The number of amides is 1. The van der Waals surface area contributed by atoms with E-state index in [1.54, 1.807) is 51.0 Å². The zero-order chi connectivity index (χ0) is 25.9. The molecular weight excluding hydrogens is 472 g/mol. The topological polar surface area (TPSA) is 127 Å². The first-order valence-electron chi connectivity index (χ1n) is 11.7. The van der Waals surface area contributed by atoms with Crippen LogP contribution in [0.5, 0.6) is 11.5 Å². The number of hydrogen-bond donors (Lipinski definition) is 2. The van der Waals surface area contributed by atoms with E-state index in [0.29, 0.717) is 35.9 Å². The minimum absolute atomic E-state index is 0.0172. The minimum atomic E-state index is -0.479. The maximum atomic E-state index is 13.0. The van der Waals surface area contributed by atoms with Crippen LogP contribution in [-0.4, -0.2) is 53.1 Å². The number of nitriles is 1. The molecule has 37 heavy (non-hydrogen) atoms. The van der Waals surface area contributed by atoms with Crippen LogP contribution in [0.15, 0.2) is 54.6 Å². The zero-order valence-electron chi connectivity index (χ0n) is 20.7. The number of H-pyrrole nitrogens is 1. The number of nitrogens with one attached hydrogen (secondary N) is 2. The van der Waals surface area contributed by atoms with E-state index in [-0.39, 0.29) is 17.7 Å². The molecule has 1 fully saturated rings. The molecule has 0 unspecified atom stereocenters. The Bertz CT molecular complexity index is 1530. The van der Waals surface area contributed by atoms with Gasteiger partial charge in [-0.05, 0) is 36.8 Å². The highest BCUT2D eigenvalue weighted by Gasteiger charge is 2.21. The number of ether oxygens (including phenoxy) is 3. The Morgan fingerprint density at radius 2 is 2.05 bits per heavy atom. The largest absolute Gasteiger partial charge is 0.493 e. The third-order valence-electron chi connectivity index (χ3n) is 6.41. The van der Waals surface area contributed by atoms with Crippen LogP contribution in [0.25, 0.3) is 28.2 Å². The molecule has 1 atom stereocenters. The Kier molecular flexibility index (Phi) is 6.62. The van der Waals surface area contributed by atoms with Crippen molar-refractivity contribution in [3.8, 4) is 28.7 Å². The van der Waals surface area contributed by atoms with Crippen LogP contribution < -0.4 is 14.8 Å². The van der Waals surface area contributed by atoms with E-state index in [1.807, 2.05) is 36.0 Å². The van der Waals surface area contributed by atoms with E-state index in [9.17, 15) is 10.1 Å². The van der Waals surface area contributed by atoms with Gasteiger partial charge in [0.25, 0.3) is 5.91 Å². The second-order valence-corrected chi connectivity index (χ2v) is 8.74. The van der Waals surface area contributed by atoms with E-state index in [2.05, 4.69) is 20.4 Å². The van der Waals surface area contributed by atoms with Gasteiger partial charge in [0, 0.05) is 40.7 Å². The van der Waals surface area contributed by atoms with Crippen molar-refractivity contribution in [2.24, 2.45) is 0 Å². The molecule has 0 spiro atoms. The van der Waals surface area contributed by atoms with Crippen molar-refractivity contribution in [2.45, 2.75) is 19.0 Å². The van der Waals surface area contributed by atoms with Crippen molar-refractivity contribution < 1.29 is 19.0 Å². The standard InChI is InChI=1S/C27H26N6O4/c1-16(17-4-5-24(35-2)25(8-17)36-3)32-27(34)18(9-28)6-20-11-30-26-23(20)7-19(10-29-26)21-12-31-33(13-21)22-14-37-15-22/h4-8,10-13,16,22H,14-15H2,1-3H3,(H,29,30)(H,32,34)/b18-6+/t16-/m1/s1. The van der Waals surface area contributed by atoms with Gasteiger partial charge in [-0.25, -0.2) is 4.98 Å². The van der Waals surface area contributed by atoms with Crippen LogP contribution in [0.1, 0.15) is 30.1 Å². The van der Waals surface area contributed by atoms with Crippen LogP contribution >= 0.6 is 0 Å². The summed E-state index contributed by atoms with van der Waals surface area (Å²) in [7, 11) is 3.12. The number of methoxy groups -OCH3 is 2. The first-order valence-corrected chi connectivity index (χ1v) is 11.7. The molecule has 0 bridgehead atoms. The number of carbonyl (C=O) groups is 1. The Morgan fingerprint density at radius 1 is 1.24 bits per heavy atom. The fourth-order valence-electron chi connectivity index (χ4n) is 4.15. The molecule has 1 aliphatic heterocycles. The summed E-state index contributed by atoms with van der Waals surface area (Å²) in [6.07, 6.45) is 8.84. The predicted octanol–water partition coefficient (Wildman–Crippen LogP) is 3.80. The first-order chi connectivity index (χ1) is 18.0. The van der Waals surface area contributed by atoms with Crippen molar-refractivity contribution in [2.75, 3.05) is 27.4 Å². The molecule has 0 radical (unpaired) electrons. The molecule has 188 valence electrons. The number of nitrogens with zero attached hydrogens (tertiary/aromatic N) is 4. The lowest BCUT2D eigenvalue weighted by Gasteiger charge is -2.25. The van der Waals surface area contributed by atoms with Crippen LogP contribution in [0.4, 0.5) is 0 Å². The number of carbonyl (C=O) groups excluding carboxylic acids is 1. The predicted molar refractivity (Wildman–Crippen MR) is 137 cm³/mol. The molecule has 0 aliphatic carbocycles. The lowest BCUT2D eigenvalue weighted by Crippen LogP contribution is -2.30. The minimum Gasteiger partial charge on any atom is -0.493 e. The quantitative estimate of drug-likeness (QED) is 0.279. The highest BCUT2D eigenvalue weighted by atomic mass is 16.5. The molecule has 1 saturated heterocycles.